The molecule has 2 aromatic carbocycles. The van der Waals surface area contributed by atoms with Gasteiger partial charge in [0.15, 0.2) is 12.1 Å². The summed E-state index contributed by atoms with van der Waals surface area (Å²) in [6, 6.07) is 11.9. The Bertz CT molecular complexity index is 1970. The van der Waals surface area contributed by atoms with E-state index in [9.17, 15) is 49.8 Å². The predicted octanol–water partition coefficient (Wildman–Crippen LogP) is 0.116. The third kappa shape index (κ3) is 12.0. The first-order chi connectivity index (χ1) is 29.9. The number of aliphatic hydroxyl groups excluding tert-OH is 6. The highest BCUT2D eigenvalue weighted by Crippen LogP contribution is 2.45. The minimum Gasteiger partial charge on any atom is -0.460 e. The van der Waals surface area contributed by atoms with Crippen LogP contribution in [0.25, 0.3) is 6.08 Å². The average Bonchev–Trinajstić information content (AvgIpc) is 3.79. The van der Waals surface area contributed by atoms with Crippen LogP contribution < -0.4 is 10.6 Å². The standard InChI is InChI=1S/C45H58N2O16/c1-24(50)35(41(56)46-30(22-48)15-16-34(51)62-44(2,3)4)47-40(55)29-18-31(39-32(19-29)61-45(63-39)20-27-9-5-6-10-28(27)21-45)59-42(57)26-13-11-25(12-14-26)8-7-17-58-43-38(54)37(53)36(52)33(23-49)60-43/h5-14,19,24,30-33,35-39,43,48-50,52-54H,15-18,20-23H2,1-4H3,(H,46,56)(H,47,55)/t24-,30-,31+,32+,33+,35+,36-,37-,38+,39-,43-/m0/s1. The number of carbonyl (C=O) groups excluding carboxylic acids is 4. The third-order valence-electron chi connectivity index (χ3n) is 11.2. The van der Waals surface area contributed by atoms with Crippen LogP contribution in [-0.4, -0.2) is 153 Å². The maximum atomic E-state index is 13.9. The largest absolute Gasteiger partial charge is 0.460 e. The predicted molar refractivity (Wildman–Crippen MR) is 221 cm³/mol. The van der Waals surface area contributed by atoms with E-state index in [2.05, 4.69) is 10.6 Å². The molecule has 2 aliphatic heterocycles. The first kappa shape index (κ1) is 47.9. The van der Waals surface area contributed by atoms with Crippen molar-refractivity contribution in [2.45, 2.75) is 138 Å². The molecule has 11 atom stereocenters. The molecule has 0 unspecified atom stereocenters. The smallest absolute Gasteiger partial charge is 0.338 e. The first-order valence-electron chi connectivity index (χ1n) is 21.0. The molecule has 2 amide bonds. The van der Waals surface area contributed by atoms with E-state index < -0.39 is 116 Å². The number of amides is 2. The number of fused-ring (bicyclic) bond motifs is 2. The zero-order chi connectivity index (χ0) is 45.6. The molecule has 0 saturated carbocycles. The molecule has 344 valence electrons. The lowest BCUT2D eigenvalue weighted by atomic mass is 9.91. The molecule has 2 fully saturated rings. The molecule has 2 aromatic rings. The summed E-state index contributed by atoms with van der Waals surface area (Å²) in [5, 5.41) is 65.3. The zero-order valence-electron chi connectivity index (χ0n) is 35.6. The van der Waals surface area contributed by atoms with Gasteiger partial charge in [-0.3, -0.25) is 14.4 Å². The molecule has 18 nitrogen and oxygen atoms in total. The molecule has 1 spiro atoms. The molecule has 0 radical (unpaired) electrons. The fraction of sp³-hybridized carbons (Fsp3) is 0.556. The van der Waals surface area contributed by atoms with Gasteiger partial charge in [-0.2, -0.15) is 0 Å². The fourth-order valence-corrected chi connectivity index (χ4v) is 7.96. The van der Waals surface area contributed by atoms with Gasteiger partial charge < -0.3 is 69.7 Å². The molecule has 0 aromatic heterocycles. The van der Waals surface area contributed by atoms with Crippen LogP contribution in [0.15, 0.2) is 66.3 Å². The molecule has 2 saturated heterocycles. The minimum atomic E-state index is -1.57. The van der Waals surface area contributed by atoms with Gasteiger partial charge in [0, 0.05) is 31.3 Å². The average molecular weight is 883 g/mol. The van der Waals surface area contributed by atoms with Crippen molar-refractivity contribution in [3.05, 3.63) is 88.5 Å². The summed E-state index contributed by atoms with van der Waals surface area (Å²) in [4.78, 5) is 53.3. The van der Waals surface area contributed by atoms with Crippen LogP contribution in [0.4, 0.5) is 0 Å². The van der Waals surface area contributed by atoms with Crippen molar-refractivity contribution in [3.8, 4) is 0 Å². The molecular formula is C45H58N2O16. The normalized spacial score (nSPS) is 27.7. The highest BCUT2D eigenvalue weighted by molar-refractivity contribution is 5.97. The number of aliphatic hydroxyl groups is 6. The lowest BCUT2D eigenvalue weighted by Gasteiger charge is -2.39. The molecule has 63 heavy (non-hydrogen) atoms. The Morgan fingerprint density at radius 1 is 0.937 bits per heavy atom. The highest BCUT2D eigenvalue weighted by Gasteiger charge is 2.55. The van der Waals surface area contributed by atoms with Gasteiger partial charge in [-0.05, 0) is 69.0 Å². The zero-order valence-corrected chi connectivity index (χ0v) is 35.6. The van der Waals surface area contributed by atoms with Crippen molar-refractivity contribution in [3.63, 3.8) is 0 Å². The number of nitrogens with one attached hydrogen (secondary N) is 2. The van der Waals surface area contributed by atoms with Crippen LogP contribution in [0.5, 0.6) is 0 Å². The summed E-state index contributed by atoms with van der Waals surface area (Å²) in [6.07, 6.45) is -5.44. The Hall–Kier alpha value is -4.60. The summed E-state index contributed by atoms with van der Waals surface area (Å²) in [5.41, 5.74) is 2.36. The molecule has 8 N–H and O–H groups in total. The number of carbonyl (C=O) groups is 4. The van der Waals surface area contributed by atoms with E-state index in [4.69, 9.17) is 28.4 Å². The lowest BCUT2D eigenvalue weighted by molar-refractivity contribution is -0.298. The molecule has 2 aliphatic carbocycles. The molecule has 2 heterocycles. The Kier molecular flexibility index (Phi) is 15.6. The van der Waals surface area contributed by atoms with Crippen molar-refractivity contribution in [1.82, 2.24) is 10.6 Å². The van der Waals surface area contributed by atoms with Gasteiger partial charge in [-0.1, -0.05) is 48.6 Å². The van der Waals surface area contributed by atoms with E-state index in [-0.39, 0.29) is 37.0 Å². The number of benzene rings is 2. The maximum absolute atomic E-state index is 13.9. The molecule has 0 bridgehead atoms. The number of hydrogen-bond donors (Lipinski definition) is 8. The number of hydrogen-bond acceptors (Lipinski definition) is 16. The van der Waals surface area contributed by atoms with E-state index in [0.29, 0.717) is 18.4 Å². The van der Waals surface area contributed by atoms with Crippen LogP contribution in [0.3, 0.4) is 0 Å². The van der Waals surface area contributed by atoms with Crippen LogP contribution >= 0.6 is 0 Å². The first-order valence-corrected chi connectivity index (χ1v) is 21.0. The van der Waals surface area contributed by atoms with Gasteiger partial charge in [-0.25, -0.2) is 4.79 Å². The summed E-state index contributed by atoms with van der Waals surface area (Å²) >= 11 is 0. The second-order valence-corrected chi connectivity index (χ2v) is 17.3. The molecular weight excluding hydrogens is 824 g/mol. The van der Waals surface area contributed by atoms with Crippen molar-refractivity contribution in [2.75, 3.05) is 19.8 Å². The number of esters is 2. The second-order valence-electron chi connectivity index (χ2n) is 17.3. The Balaban J connectivity index is 1.11. The van der Waals surface area contributed by atoms with E-state index in [1.807, 2.05) is 24.3 Å². The SMILES string of the molecule is C[C@H](O)[C@@H](NC(=O)C1=C[C@H]2OC3(Cc4ccccc4C3)O[C@H]2[C@H](OC(=O)c2ccc(C=CCO[C@H]3O[C@H](CO)[C@H](O)[C@H](O)[C@H]3O)cc2)C1)C(=O)N[C@H](CO)CCC(=O)OC(C)(C)C. The second kappa shape index (κ2) is 20.5. The van der Waals surface area contributed by atoms with Gasteiger partial charge in [0.05, 0.1) is 37.5 Å². The molecule has 6 rings (SSSR count). The Labute approximate surface area is 364 Å². The monoisotopic (exact) mass is 882 g/mol. The molecule has 4 aliphatic rings. The topological polar surface area (TPSA) is 269 Å². The van der Waals surface area contributed by atoms with Gasteiger partial charge in [0.2, 0.25) is 11.8 Å². The Morgan fingerprint density at radius 2 is 1.62 bits per heavy atom. The quantitative estimate of drug-likeness (QED) is 0.104. The van der Waals surface area contributed by atoms with E-state index in [1.54, 1.807) is 63.3 Å². The maximum Gasteiger partial charge on any atom is 0.338 e. The molecule has 18 heteroatoms. The van der Waals surface area contributed by atoms with Gasteiger partial charge in [0.25, 0.3) is 0 Å². The number of rotatable bonds is 16. The Morgan fingerprint density at radius 3 is 2.24 bits per heavy atom. The third-order valence-corrected chi connectivity index (χ3v) is 11.2. The van der Waals surface area contributed by atoms with Crippen LogP contribution in [0.2, 0.25) is 0 Å². The van der Waals surface area contributed by atoms with E-state index in [0.717, 1.165) is 11.1 Å². The minimum absolute atomic E-state index is 0.0464. The fourth-order valence-electron chi connectivity index (χ4n) is 7.96. The van der Waals surface area contributed by atoms with Gasteiger partial charge in [0.1, 0.15) is 54.4 Å². The van der Waals surface area contributed by atoms with Gasteiger partial charge >= 0.3 is 11.9 Å². The summed E-state index contributed by atoms with van der Waals surface area (Å²) in [5.74, 6) is -3.81. The van der Waals surface area contributed by atoms with Crippen molar-refractivity contribution in [2.24, 2.45) is 0 Å². The van der Waals surface area contributed by atoms with Crippen LogP contribution in [0.1, 0.15) is 74.0 Å². The summed E-state index contributed by atoms with van der Waals surface area (Å²) in [6.45, 7) is 5.33. The summed E-state index contributed by atoms with van der Waals surface area (Å²) < 4.78 is 35.3. The lowest BCUT2D eigenvalue weighted by Crippen LogP contribution is -2.59. The van der Waals surface area contributed by atoms with Crippen LogP contribution in [-0.2, 0) is 55.6 Å². The number of ether oxygens (including phenoxy) is 6. The van der Waals surface area contributed by atoms with Crippen molar-refractivity contribution in [1.29, 1.82) is 0 Å². The van der Waals surface area contributed by atoms with E-state index in [1.165, 1.54) is 6.92 Å². The van der Waals surface area contributed by atoms with Crippen molar-refractivity contribution < 1.29 is 78.2 Å². The van der Waals surface area contributed by atoms with Gasteiger partial charge in [-0.15, -0.1) is 0 Å². The summed E-state index contributed by atoms with van der Waals surface area (Å²) in [7, 11) is 0. The van der Waals surface area contributed by atoms with E-state index >= 15 is 0 Å². The highest BCUT2D eigenvalue weighted by atomic mass is 16.8. The van der Waals surface area contributed by atoms with Crippen LogP contribution in [0, 0.1) is 0 Å². The van der Waals surface area contributed by atoms with Crippen molar-refractivity contribution >= 4 is 29.8 Å².